The molecule has 1 aliphatic heterocycles. The van der Waals surface area contributed by atoms with Crippen LogP contribution in [0.2, 0.25) is 0 Å². The van der Waals surface area contributed by atoms with Gasteiger partial charge in [-0.25, -0.2) is 9.37 Å². The Bertz CT molecular complexity index is 843. The van der Waals surface area contributed by atoms with Crippen molar-refractivity contribution in [2.75, 3.05) is 18.8 Å². The fourth-order valence-corrected chi connectivity index (χ4v) is 3.48. The first-order valence-electron chi connectivity index (χ1n) is 9.55. The number of nitrogen functional groups attached to an aromatic ring is 1. The van der Waals surface area contributed by atoms with Crippen molar-refractivity contribution < 1.29 is 14.0 Å². The fourth-order valence-electron chi connectivity index (χ4n) is 3.48. The summed E-state index contributed by atoms with van der Waals surface area (Å²) in [5, 5.41) is 2.76. The van der Waals surface area contributed by atoms with Crippen molar-refractivity contribution in [1.29, 1.82) is 0 Å². The zero-order chi connectivity index (χ0) is 19.9. The van der Waals surface area contributed by atoms with Crippen molar-refractivity contribution in [3.8, 4) is 0 Å². The summed E-state index contributed by atoms with van der Waals surface area (Å²) in [4.78, 5) is 30.6. The van der Waals surface area contributed by atoms with E-state index < -0.39 is 0 Å². The molecule has 1 atom stereocenters. The molecule has 0 aliphatic carbocycles. The van der Waals surface area contributed by atoms with Crippen molar-refractivity contribution >= 4 is 17.6 Å². The third-order valence-corrected chi connectivity index (χ3v) is 5.01. The standard InChI is InChI=1S/C21H25FN4O2/c22-17-7-2-1-6-16(17)13-24-20(27)11-10-15-5-4-12-26(14-15)21(28)18-8-3-9-19(23)25-18/h1-3,6-9,15H,4-5,10-14H2,(H2,23,25)(H,24,27)/t15-/m1/s1. The molecule has 148 valence electrons. The van der Waals surface area contributed by atoms with Crippen molar-refractivity contribution in [2.24, 2.45) is 5.92 Å². The number of halogens is 1. The van der Waals surface area contributed by atoms with Crippen LogP contribution in [0.4, 0.5) is 10.2 Å². The lowest BCUT2D eigenvalue weighted by atomic mass is 9.93. The molecule has 3 N–H and O–H groups in total. The molecule has 7 heteroatoms. The van der Waals surface area contributed by atoms with Gasteiger partial charge in [0.15, 0.2) is 0 Å². The first-order valence-corrected chi connectivity index (χ1v) is 9.55. The van der Waals surface area contributed by atoms with Gasteiger partial charge in [-0.05, 0) is 43.4 Å². The van der Waals surface area contributed by atoms with E-state index >= 15 is 0 Å². The lowest BCUT2D eigenvalue weighted by Crippen LogP contribution is -2.40. The maximum atomic E-state index is 13.6. The van der Waals surface area contributed by atoms with Crippen LogP contribution in [0.1, 0.15) is 41.7 Å². The number of nitrogens with zero attached hydrogens (tertiary/aromatic N) is 2. The summed E-state index contributed by atoms with van der Waals surface area (Å²) in [5.41, 5.74) is 6.49. The number of nitrogens with two attached hydrogens (primary N) is 1. The van der Waals surface area contributed by atoms with E-state index in [-0.39, 0.29) is 30.1 Å². The molecule has 3 rings (SSSR count). The average molecular weight is 384 g/mol. The van der Waals surface area contributed by atoms with Gasteiger partial charge in [0.25, 0.3) is 5.91 Å². The Labute approximate surface area is 163 Å². The van der Waals surface area contributed by atoms with Crippen LogP contribution in [0, 0.1) is 11.7 Å². The highest BCUT2D eigenvalue weighted by molar-refractivity contribution is 5.92. The maximum Gasteiger partial charge on any atom is 0.272 e. The van der Waals surface area contributed by atoms with Gasteiger partial charge in [-0.2, -0.15) is 0 Å². The number of aromatic nitrogens is 1. The first-order chi connectivity index (χ1) is 13.5. The summed E-state index contributed by atoms with van der Waals surface area (Å²) in [5.74, 6) is 0.0357. The highest BCUT2D eigenvalue weighted by Crippen LogP contribution is 2.22. The highest BCUT2D eigenvalue weighted by Gasteiger charge is 2.25. The summed E-state index contributed by atoms with van der Waals surface area (Å²) in [6.07, 6.45) is 2.93. The minimum absolute atomic E-state index is 0.107. The van der Waals surface area contributed by atoms with Gasteiger partial charge in [-0.3, -0.25) is 9.59 Å². The Morgan fingerprint density at radius 1 is 1.21 bits per heavy atom. The van der Waals surface area contributed by atoms with Crippen molar-refractivity contribution in [2.45, 2.75) is 32.2 Å². The molecule has 1 aliphatic rings. The van der Waals surface area contributed by atoms with Crippen LogP contribution in [0.25, 0.3) is 0 Å². The van der Waals surface area contributed by atoms with Crippen molar-refractivity contribution in [1.82, 2.24) is 15.2 Å². The monoisotopic (exact) mass is 384 g/mol. The summed E-state index contributed by atoms with van der Waals surface area (Å²) < 4.78 is 13.6. The second-order valence-corrected chi connectivity index (χ2v) is 7.11. The van der Waals surface area contributed by atoms with Gasteiger partial charge < -0.3 is 16.0 Å². The number of hydrogen-bond acceptors (Lipinski definition) is 4. The third-order valence-electron chi connectivity index (χ3n) is 5.01. The van der Waals surface area contributed by atoms with E-state index in [0.717, 1.165) is 12.8 Å². The van der Waals surface area contributed by atoms with Gasteiger partial charge in [0.2, 0.25) is 5.91 Å². The van der Waals surface area contributed by atoms with Gasteiger partial charge in [-0.15, -0.1) is 0 Å². The van der Waals surface area contributed by atoms with Crippen LogP contribution in [-0.4, -0.2) is 34.8 Å². The Morgan fingerprint density at radius 2 is 2.04 bits per heavy atom. The van der Waals surface area contributed by atoms with Crippen LogP contribution in [0.15, 0.2) is 42.5 Å². The molecule has 2 amide bonds. The zero-order valence-electron chi connectivity index (χ0n) is 15.7. The number of pyridine rings is 1. The fraction of sp³-hybridized carbons (Fsp3) is 0.381. The molecule has 0 radical (unpaired) electrons. The summed E-state index contributed by atoms with van der Waals surface area (Å²) >= 11 is 0. The number of hydrogen-bond donors (Lipinski definition) is 2. The molecular weight excluding hydrogens is 359 g/mol. The molecule has 28 heavy (non-hydrogen) atoms. The molecule has 6 nitrogen and oxygen atoms in total. The average Bonchev–Trinajstić information content (AvgIpc) is 2.71. The van der Waals surface area contributed by atoms with Crippen LogP contribution >= 0.6 is 0 Å². The van der Waals surface area contributed by atoms with E-state index in [4.69, 9.17) is 5.73 Å². The van der Waals surface area contributed by atoms with E-state index in [1.54, 1.807) is 41.3 Å². The SMILES string of the molecule is Nc1cccc(C(=O)N2CCC[C@H](CCC(=O)NCc3ccccc3F)C2)n1. The number of piperidine rings is 1. The lowest BCUT2D eigenvalue weighted by molar-refractivity contribution is -0.121. The quantitative estimate of drug-likeness (QED) is 0.802. The van der Waals surface area contributed by atoms with Gasteiger partial charge in [0, 0.05) is 31.6 Å². The topological polar surface area (TPSA) is 88.3 Å². The van der Waals surface area contributed by atoms with Crippen LogP contribution < -0.4 is 11.1 Å². The van der Waals surface area contributed by atoms with E-state index in [1.165, 1.54) is 6.07 Å². The molecule has 1 saturated heterocycles. The number of carbonyl (C=O) groups excluding carboxylic acids is 2. The van der Waals surface area contributed by atoms with Crippen LogP contribution in [-0.2, 0) is 11.3 Å². The van der Waals surface area contributed by atoms with E-state index in [2.05, 4.69) is 10.3 Å². The number of nitrogens with one attached hydrogen (secondary N) is 1. The summed E-state index contributed by atoms with van der Waals surface area (Å²) in [6.45, 7) is 1.48. The molecule has 2 heterocycles. The van der Waals surface area contributed by atoms with Gasteiger partial charge in [-0.1, -0.05) is 24.3 Å². The highest BCUT2D eigenvalue weighted by atomic mass is 19.1. The second kappa shape index (κ2) is 9.30. The first kappa shape index (κ1) is 19.8. The van der Waals surface area contributed by atoms with E-state index in [0.29, 0.717) is 43.0 Å². The minimum Gasteiger partial charge on any atom is -0.384 e. The molecule has 0 saturated carbocycles. The predicted octanol–water partition coefficient (Wildman–Crippen LogP) is 2.75. The van der Waals surface area contributed by atoms with Gasteiger partial charge in [0.1, 0.15) is 17.3 Å². The molecule has 2 aromatic rings. The minimum atomic E-state index is -0.320. The predicted molar refractivity (Wildman–Crippen MR) is 105 cm³/mol. The Morgan fingerprint density at radius 3 is 2.82 bits per heavy atom. The molecule has 1 aromatic heterocycles. The third kappa shape index (κ3) is 5.28. The second-order valence-electron chi connectivity index (χ2n) is 7.11. The number of amides is 2. The largest absolute Gasteiger partial charge is 0.384 e. The number of anilines is 1. The maximum absolute atomic E-state index is 13.6. The molecule has 0 spiro atoms. The Kier molecular flexibility index (Phi) is 6.57. The zero-order valence-corrected chi connectivity index (χ0v) is 15.7. The van der Waals surface area contributed by atoms with E-state index in [1.807, 2.05) is 0 Å². The summed E-state index contributed by atoms with van der Waals surface area (Å²) in [6, 6.07) is 11.4. The van der Waals surface area contributed by atoms with Gasteiger partial charge in [0.05, 0.1) is 0 Å². The van der Waals surface area contributed by atoms with E-state index in [9.17, 15) is 14.0 Å². The molecule has 0 bridgehead atoms. The van der Waals surface area contributed by atoms with Crippen LogP contribution in [0.3, 0.4) is 0 Å². The number of carbonyl (C=O) groups is 2. The molecule has 1 aromatic carbocycles. The normalized spacial score (nSPS) is 16.6. The van der Waals surface area contributed by atoms with Crippen molar-refractivity contribution in [3.05, 3.63) is 59.5 Å². The van der Waals surface area contributed by atoms with Gasteiger partial charge >= 0.3 is 0 Å². The smallest absolute Gasteiger partial charge is 0.272 e. The molecule has 1 fully saturated rings. The lowest BCUT2D eigenvalue weighted by Gasteiger charge is -2.32. The van der Waals surface area contributed by atoms with Crippen molar-refractivity contribution in [3.63, 3.8) is 0 Å². The summed E-state index contributed by atoms with van der Waals surface area (Å²) in [7, 11) is 0. The number of likely N-dealkylation sites (tertiary alicyclic amines) is 1. The Hall–Kier alpha value is -2.96. The molecule has 0 unspecified atom stereocenters. The Balaban J connectivity index is 1.46. The number of benzene rings is 1. The van der Waals surface area contributed by atoms with Crippen LogP contribution in [0.5, 0.6) is 0 Å². The number of rotatable bonds is 6. The molecular formula is C21H25FN4O2.